The first kappa shape index (κ1) is 53.8. The second-order valence-electron chi connectivity index (χ2n) is 15.2. The predicted octanol–water partition coefficient (Wildman–Crippen LogP) is 6.57. The molecule has 2 rings (SSSR count). The van der Waals surface area contributed by atoms with E-state index >= 15 is 0 Å². The Morgan fingerprint density at radius 1 is 0.675 bits per heavy atom. The fraction of sp³-hybridized carbons (Fsp3) is 0.625. The molecule has 2 nitrogen and oxygen atoms in total. The molecule has 0 saturated carbocycles. The topological polar surface area (TPSA) is 28.2 Å². The minimum atomic E-state index is -1.48. The summed E-state index contributed by atoms with van der Waals surface area (Å²) in [6.07, 6.45) is 0. The van der Waals surface area contributed by atoms with Crippen molar-refractivity contribution in [2.24, 2.45) is 10.8 Å². The zero-order valence-corrected chi connectivity index (χ0v) is 34.8. The fourth-order valence-electron chi connectivity index (χ4n) is 1.86. The summed E-state index contributed by atoms with van der Waals surface area (Å²) in [5, 5.41) is 0.675. The summed E-state index contributed by atoms with van der Waals surface area (Å²) in [5.74, 6) is 0. The first-order valence-electron chi connectivity index (χ1n) is 13.3. The number of rotatable bonds is 4. The molecule has 0 aliphatic heterocycles. The average Bonchev–Trinajstić information content (AvgIpc) is 3.23. The van der Waals surface area contributed by atoms with Gasteiger partial charge in [0.2, 0.25) is 0 Å². The van der Waals surface area contributed by atoms with Gasteiger partial charge in [-0.2, -0.15) is 23.0 Å². The van der Waals surface area contributed by atoms with Crippen molar-refractivity contribution in [1.82, 2.24) is 0 Å². The SMILES string of the molecule is CC(C)(C)[Si](C)(C)[N-][c-]1cccc1.CC(C)(C)[Si](C)(C)[N-]c1ccc[cH-]1.[CH2-]C(C)(C)C.[CH2-]C(C)(C)C.[Fe+2].[Li+].[Li+].[Sc]. The Morgan fingerprint density at radius 3 is 1.25 bits per heavy atom. The molecule has 0 fully saturated rings. The van der Waals surface area contributed by atoms with E-state index in [4.69, 9.17) is 9.96 Å². The monoisotopic (exact) mass is 643 g/mol. The van der Waals surface area contributed by atoms with Crippen molar-refractivity contribution < 1.29 is 80.6 Å². The van der Waals surface area contributed by atoms with Crippen molar-refractivity contribution in [3.63, 3.8) is 0 Å². The molecular formula is C32H60FeLi2N2ScSi2-2. The van der Waals surface area contributed by atoms with Crippen molar-refractivity contribution in [2.75, 3.05) is 0 Å². The van der Waals surface area contributed by atoms with Crippen LogP contribution in [0.3, 0.4) is 0 Å². The molecule has 0 aliphatic rings. The van der Waals surface area contributed by atoms with Gasteiger partial charge in [0.05, 0.1) is 0 Å². The molecule has 2 aromatic carbocycles. The van der Waals surface area contributed by atoms with E-state index in [2.05, 4.69) is 147 Å². The van der Waals surface area contributed by atoms with Crippen LogP contribution in [0.4, 0.5) is 11.4 Å². The van der Waals surface area contributed by atoms with Crippen molar-refractivity contribution in [3.05, 3.63) is 72.3 Å². The summed E-state index contributed by atoms with van der Waals surface area (Å²) in [4.78, 5) is 9.72. The van der Waals surface area contributed by atoms with E-state index in [0.29, 0.717) is 10.1 Å². The van der Waals surface area contributed by atoms with Crippen LogP contribution in [0.25, 0.3) is 9.96 Å². The minimum Gasteiger partial charge on any atom is -0.745 e. The standard InChI is InChI=1S/2C11H19NSi.2C5H11.Fe.2Li.Sc/c2*1-11(2,3)13(4,5)12-10-8-6-7-9-10;2*1-5(2,3)4;;;;/h2*6-9H,1-5H3;2*1H2,2-4H3;;;;/q2*-2;2*-1;+2;2*+1;. The van der Waals surface area contributed by atoms with Crippen LogP contribution in [-0.4, -0.2) is 16.5 Å². The smallest absolute Gasteiger partial charge is 0.745 e. The molecular weight excluding hydrogens is 583 g/mol. The Hall–Kier alpha value is 1.32. The van der Waals surface area contributed by atoms with Crippen LogP contribution < -0.4 is 37.7 Å². The maximum absolute atomic E-state index is 4.86. The molecule has 221 valence electrons. The van der Waals surface area contributed by atoms with E-state index in [1.807, 2.05) is 24.3 Å². The molecule has 0 N–H and O–H groups in total. The molecule has 40 heavy (non-hydrogen) atoms. The number of hydrogen-bond donors (Lipinski definition) is 0. The predicted molar refractivity (Wildman–Crippen MR) is 174 cm³/mol. The van der Waals surface area contributed by atoms with Crippen LogP contribution >= 0.6 is 0 Å². The van der Waals surface area contributed by atoms with Gasteiger partial charge >= 0.3 is 54.8 Å². The van der Waals surface area contributed by atoms with Gasteiger partial charge in [-0.05, 0) is 16.5 Å². The zero-order chi connectivity index (χ0) is 29.2. The Kier molecular flexibility index (Phi) is 29.5. The van der Waals surface area contributed by atoms with Crippen LogP contribution in [0.5, 0.6) is 0 Å². The average molecular weight is 644 g/mol. The Balaban J connectivity index is -0.000000101. The summed E-state index contributed by atoms with van der Waals surface area (Å²) >= 11 is 0. The van der Waals surface area contributed by atoms with E-state index in [1.54, 1.807) is 0 Å². The van der Waals surface area contributed by atoms with Gasteiger partial charge in [0.25, 0.3) is 0 Å². The third kappa shape index (κ3) is 30.8. The molecule has 2 aromatic rings. The Bertz CT molecular complexity index is 729. The van der Waals surface area contributed by atoms with Crippen molar-refractivity contribution >= 4 is 27.8 Å². The Labute approximate surface area is 308 Å². The first-order chi connectivity index (χ1) is 15.7. The molecule has 0 spiro atoms. The minimum absolute atomic E-state index is 0. The van der Waals surface area contributed by atoms with Gasteiger partial charge in [-0.15, -0.1) is 0 Å². The molecule has 0 saturated heterocycles. The summed E-state index contributed by atoms with van der Waals surface area (Å²) in [7, 11) is -2.97. The van der Waals surface area contributed by atoms with Gasteiger partial charge in [-0.25, -0.2) is 36.4 Å². The number of nitrogens with zero attached hydrogens (tertiary/aromatic N) is 2. The normalized spacial score (nSPS) is 11.4. The van der Waals surface area contributed by atoms with E-state index < -0.39 is 16.5 Å². The summed E-state index contributed by atoms with van der Waals surface area (Å²) in [6, 6.07) is 16.5. The van der Waals surface area contributed by atoms with Crippen LogP contribution in [0.2, 0.25) is 36.3 Å². The van der Waals surface area contributed by atoms with Crippen molar-refractivity contribution in [1.29, 1.82) is 0 Å². The van der Waals surface area contributed by atoms with Gasteiger partial charge in [-0.1, -0.05) is 119 Å². The largest absolute Gasteiger partial charge is 2.00 e. The quantitative estimate of drug-likeness (QED) is 0.267. The van der Waals surface area contributed by atoms with Crippen LogP contribution in [0.1, 0.15) is 83.1 Å². The molecule has 0 aromatic heterocycles. The molecule has 0 aliphatic carbocycles. The van der Waals surface area contributed by atoms with Gasteiger partial charge in [-0.3, -0.25) is 11.4 Å². The number of hydrogen-bond acceptors (Lipinski definition) is 0. The van der Waals surface area contributed by atoms with Crippen molar-refractivity contribution in [2.45, 2.75) is 119 Å². The molecule has 0 bridgehead atoms. The summed E-state index contributed by atoms with van der Waals surface area (Å²) < 4.78 is 0. The van der Waals surface area contributed by atoms with Crippen LogP contribution in [0.15, 0.2) is 48.5 Å². The summed E-state index contributed by atoms with van der Waals surface area (Å²) in [5.41, 5.74) is 2.79. The molecule has 8 heteroatoms. The maximum atomic E-state index is 4.86. The van der Waals surface area contributed by atoms with Gasteiger partial charge in [0.1, 0.15) is 0 Å². The van der Waals surface area contributed by atoms with Crippen molar-refractivity contribution in [3.8, 4) is 0 Å². The maximum Gasteiger partial charge on any atom is 2.00 e. The molecule has 1 radical (unpaired) electrons. The first-order valence-corrected chi connectivity index (χ1v) is 19.2. The summed E-state index contributed by atoms with van der Waals surface area (Å²) in [6.45, 7) is 43.0. The van der Waals surface area contributed by atoms with Crippen LogP contribution in [-0.2, 0) is 42.9 Å². The molecule has 0 unspecified atom stereocenters. The third-order valence-corrected chi connectivity index (χ3v) is 14.8. The van der Waals surface area contributed by atoms with Crippen LogP contribution in [0, 0.1) is 24.7 Å². The van der Waals surface area contributed by atoms with E-state index in [1.165, 1.54) is 0 Å². The molecule has 0 heterocycles. The van der Waals surface area contributed by atoms with Gasteiger partial charge < -0.3 is 23.8 Å². The van der Waals surface area contributed by atoms with E-state index in [9.17, 15) is 0 Å². The molecule has 0 amide bonds. The zero-order valence-electron chi connectivity index (χ0n) is 29.9. The van der Waals surface area contributed by atoms with E-state index in [-0.39, 0.29) is 91.5 Å². The Morgan fingerprint density at radius 2 is 1.00 bits per heavy atom. The van der Waals surface area contributed by atoms with Gasteiger partial charge in [0.15, 0.2) is 0 Å². The second kappa shape index (κ2) is 21.9. The van der Waals surface area contributed by atoms with E-state index in [0.717, 1.165) is 11.4 Å². The second-order valence-corrected chi connectivity index (χ2v) is 24.9. The third-order valence-electron chi connectivity index (χ3n) is 5.78. The van der Waals surface area contributed by atoms with Gasteiger partial charge in [0, 0.05) is 25.8 Å². The fourth-order valence-corrected chi connectivity index (χ4v) is 4.12. The molecule has 0 atom stereocenters.